The minimum absolute atomic E-state index is 0. The van der Waals surface area contributed by atoms with Crippen LogP contribution >= 0.6 is 0 Å². The molecular formula is C57H49N4Pt-3. The molecule has 10 rings (SSSR count). The summed E-state index contributed by atoms with van der Waals surface area (Å²) in [5.41, 5.74) is 16.6. The number of anilines is 4. The van der Waals surface area contributed by atoms with Crippen molar-refractivity contribution < 1.29 is 21.1 Å². The number of hydrogen-bond donors (Lipinski definition) is 0. The molecular weight excluding hydrogens is 936 g/mol. The van der Waals surface area contributed by atoms with E-state index in [0.29, 0.717) is 0 Å². The van der Waals surface area contributed by atoms with Gasteiger partial charge in [-0.05, 0) is 102 Å². The van der Waals surface area contributed by atoms with Crippen LogP contribution in [0.1, 0.15) is 66.6 Å². The van der Waals surface area contributed by atoms with E-state index in [4.69, 9.17) is 4.98 Å². The van der Waals surface area contributed by atoms with E-state index in [0.717, 1.165) is 56.1 Å². The van der Waals surface area contributed by atoms with Crippen LogP contribution in [0.5, 0.6) is 0 Å². The SMILES string of the molecule is Cc1cc(C)c(-c2cc(N3[CH-]N(c4ccccc4)c4ccccc43)[c-]c(C(C)(C)c3[c-]c4c(cc3)c3ccccc3n4-c3cc(C(C)(C)c4ccccc4)ccn3)c2)c(C)c1.[Pt]. The smallest absolute Gasteiger partial charge is 0.135 e. The van der Waals surface area contributed by atoms with Crippen LogP contribution in [-0.2, 0) is 31.9 Å². The maximum absolute atomic E-state index is 5.03. The second kappa shape index (κ2) is 15.9. The molecule has 0 atom stereocenters. The van der Waals surface area contributed by atoms with Gasteiger partial charge in [-0.2, -0.15) is 41.5 Å². The van der Waals surface area contributed by atoms with Crippen LogP contribution in [0, 0.1) is 39.6 Å². The Bertz CT molecular complexity index is 3080. The van der Waals surface area contributed by atoms with Crippen molar-refractivity contribution in [2.45, 2.75) is 59.3 Å². The van der Waals surface area contributed by atoms with E-state index in [1.54, 1.807) is 0 Å². The van der Waals surface area contributed by atoms with Crippen LogP contribution in [-0.4, -0.2) is 9.55 Å². The normalized spacial score (nSPS) is 12.8. The van der Waals surface area contributed by atoms with Gasteiger partial charge in [-0.1, -0.05) is 130 Å². The maximum atomic E-state index is 5.03. The van der Waals surface area contributed by atoms with Crippen LogP contribution in [0.25, 0.3) is 38.8 Å². The Hall–Kier alpha value is -6.22. The average molecular weight is 985 g/mol. The molecule has 0 fully saturated rings. The topological polar surface area (TPSA) is 24.3 Å². The number of nitrogens with zero attached hydrogens (tertiary/aromatic N) is 4. The first-order chi connectivity index (χ1) is 29.5. The van der Waals surface area contributed by atoms with Gasteiger partial charge in [-0.25, -0.2) is 4.98 Å². The van der Waals surface area contributed by atoms with Crippen LogP contribution in [0.15, 0.2) is 164 Å². The van der Waals surface area contributed by atoms with Gasteiger partial charge >= 0.3 is 0 Å². The summed E-state index contributed by atoms with van der Waals surface area (Å²) >= 11 is 0. The zero-order chi connectivity index (χ0) is 42.0. The van der Waals surface area contributed by atoms with E-state index in [-0.39, 0.29) is 26.5 Å². The van der Waals surface area contributed by atoms with Gasteiger partial charge in [0.15, 0.2) is 0 Å². The molecule has 310 valence electrons. The van der Waals surface area contributed by atoms with Gasteiger partial charge in [0.25, 0.3) is 0 Å². The van der Waals surface area contributed by atoms with Gasteiger partial charge < -0.3 is 14.4 Å². The van der Waals surface area contributed by atoms with Gasteiger partial charge in [-0.3, -0.25) is 0 Å². The molecule has 0 amide bonds. The molecule has 7 aromatic carbocycles. The molecule has 0 spiro atoms. The largest absolute Gasteiger partial charge is 0.493 e. The van der Waals surface area contributed by atoms with E-state index in [9.17, 15) is 0 Å². The summed E-state index contributed by atoms with van der Waals surface area (Å²) in [6.45, 7) is 18.0. The monoisotopic (exact) mass is 984 g/mol. The molecule has 0 saturated heterocycles. The fourth-order valence-corrected chi connectivity index (χ4v) is 9.49. The number of aryl methyl sites for hydroxylation is 3. The van der Waals surface area contributed by atoms with Crippen molar-refractivity contribution in [3.63, 3.8) is 0 Å². The molecule has 1 aliphatic heterocycles. The zero-order valence-electron chi connectivity index (χ0n) is 36.3. The maximum Gasteiger partial charge on any atom is 0.135 e. The first-order valence-electron chi connectivity index (χ1n) is 21.2. The molecule has 3 heterocycles. The standard InChI is InChI=1S/C57H49N4.Pt/c1-38-30-39(2)55(40(3)31-38)41-32-45(34-47(33-41)60-37-59(46-20-12-9-13-21-46)51-24-16-17-25-52(51)60)57(6,7)43-26-27-49-48-22-14-15-23-50(48)61(53(49)35-43)54-36-44(28-29-58-54)56(4,5)42-18-10-8-11-19-42;/h8-33,36-37H,1-7H3;/q-3;. The third-order valence-electron chi connectivity index (χ3n) is 12.9. The predicted octanol–water partition coefficient (Wildman–Crippen LogP) is 14.4. The Balaban J connectivity index is 0.00000490. The molecule has 0 aliphatic carbocycles. The molecule has 0 saturated carbocycles. The van der Waals surface area contributed by atoms with E-state index >= 15 is 0 Å². The molecule has 4 nitrogen and oxygen atoms in total. The van der Waals surface area contributed by atoms with Crippen molar-refractivity contribution in [2.75, 3.05) is 9.80 Å². The number of benzene rings is 7. The molecule has 9 aromatic rings. The summed E-state index contributed by atoms with van der Waals surface area (Å²) in [7, 11) is 0. The summed E-state index contributed by atoms with van der Waals surface area (Å²) in [5, 5.41) is 2.33. The molecule has 1 aliphatic rings. The van der Waals surface area contributed by atoms with E-state index in [1.807, 2.05) is 6.20 Å². The van der Waals surface area contributed by atoms with Crippen molar-refractivity contribution in [3.05, 3.63) is 222 Å². The Kier molecular flexibility index (Phi) is 10.6. The molecule has 0 N–H and O–H groups in total. The second-order valence-corrected chi connectivity index (χ2v) is 17.6. The fraction of sp³-hybridized carbons (Fsp3) is 0.158. The Morgan fingerprint density at radius 1 is 0.548 bits per heavy atom. The Morgan fingerprint density at radius 2 is 1.19 bits per heavy atom. The number of para-hydroxylation sites is 4. The first kappa shape index (κ1) is 41.1. The summed E-state index contributed by atoms with van der Waals surface area (Å²) in [5.74, 6) is 0.881. The minimum atomic E-state index is -0.490. The van der Waals surface area contributed by atoms with Crippen molar-refractivity contribution in [1.82, 2.24) is 9.55 Å². The van der Waals surface area contributed by atoms with Crippen molar-refractivity contribution in [1.29, 1.82) is 0 Å². The van der Waals surface area contributed by atoms with Crippen molar-refractivity contribution >= 4 is 44.6 Å². The van der Waals surface area contributed by atoms with Gasteiger partial charge in [0, 0.05) is 55.3 Å². The Morgan fingerprint density at radius 3 is 1.92 bits per heavy atom. The third kappa shape index (κ3) is 6.95. The predicted molar refractivity (Wildman–Crippen MR) is 254 cm³/mol. The number of fused-ring (bicyclic) bond motifs is 4. The molecule has 0 radical (unpaired) electrons. The van der Waals surface area contributed by atoms with Crippen LogP contribution in [0.2, 0.25) is 0 Å². The number of pyridine rings is 1. The Labute approximate surface area is 380 Å². The summed E-state index contributed by atoms with van der Waals surface area (Å²) in [4.78, 5) is 9.60. The second-order valence-electron chi connectivity index (χ2n) is 17.6. The third-order valence-corrected chi connectivity index (χ3v) is 12.9. The van der Waals surface area contributed by atoms with Gasteiger partial charge in [-0.15, -0.1) is 29.4 Å². The number of aromatic nitrogens is 2. The van der Waals surface area contributed by atoms with Crippen LogP contribution < -0.4 is 9.80 Å². The molecule has 0 bridgehead atoms. The summed E-state index contributed by atoms with van der Waals surface area (Å²) < 4.78 is 2.30. The molecule has 62 heavy (non-hydrogen) atoms. The van der Waals surface area contributed by atoms with Gasteiger partial charge in [0.05, 0.1) is 0 Å². The van der Waals surface area contributed by atoms with E-state index in [2.05, 4.69) is 239 Å². The molecule has 5 heteroatoms. The quantitative estimate of drug-likeness (QED) is 0.142. The van der Waals surface area contributed by atoms with E-state index < -0.39 is 5.41 Å². The first-order valence-corrected chi connectivity index (χ1v) is 21.2. The number of hydrogen-bond acceptors (Lipinski definition) is 3. The fourth-order valence-electron chi connectivity index (χ4n) is 9.49. The summed E-state index contributed by atoms with van der Waals surface area (Å²) in [6.07, 6.45) is 1.95. The summed E-state index contributed by atoms with van der Waals surface area (Å²) in [6, 6.07) is 64.8. The number of rotatable bonds is 8. The van der Waals surface area contributed by atoms with E-state index in [1.165, 1.54) is 44.3 Å². The molecule has 2 aromatic heterocycles. The van der Waals surface area contributed by atoms with Crippen LogP contribution in [0.4, 0.5) is 22.7 Å². The van der Waals surface area contributed by atoms with Gasteiger partial charge in [0.2, 0.25) is 0 Å². The molecule has 0 unspecified atom stereocenters. The minimum Gasteiger partial charge on any atom is -0.493 e. The zero-order valence-corrected chi connectivity index (χ0v) is 38.5. The van der Waals surface area contributed by atoms with Crippen molar-refractivity contribution in [2.24, 2.45) is 0 Å². The van der Waals surface area contributed by atoms with Crippen LogP contribution in [0.3, 0.4) is 0 Å². The average Bonchev–Trinajstić information content (AvgIpc) is 3.83. The van der Waals surface area contributed by atoms with Gasteiger partial charge in [0.1, 0.15) is 5.82 Å². The van der Waals surface area contributed by atoms with Crippen molar-refractivity contribution in [3.8, 4) is 16.9 Å².